The lowest BCUT2D eigenvalue weighted by molar-refractivity contribution is -0.0867. The molecular weight excluding hydrogens is 402 g/mol. The highest BCUT2D eigenvalue weighted by molar-refractivity contribution is 7.90. The number of rotatable bonds is 4. The summed E-state index contributed by atoms with van der Waals surface area (Å²) in [5.74, 6) is -0.474. The third-order valence-corrected chi connectivity index (χ3v) is 8.22. The molecule has 2 fully saturated rings. The van der Waals surface area contributed by atoms with Crippen LogP contribution in [-0.2, 0) is 25.9 Å². The Morgan fingerprint density at radius 2 is 1.90 bits per heavy atom. The van der Waals surface area contributed by atoms with Crippen molar-refractivity contribution in [2.75, 3.05) is 0 Å². The van der Waals surface area contributed by atoms with Crippen molar-refractivity contribution in [3.8, 4) is 0 Å². The number of carbonyl (C=O) groups is 1. The highest BCUT2D eigenvalue weighted by Crippen LogP contribution is 2.48. The molecule has 0 radical (unpaired) electrons. The van der Waals surface area contributed by atoms with Gasteiger partial charge in [0.05, 0.1) is 17.7 Å². The Bertz CT molecular complexity index is 1110. The summed E-state index contributed by atoms with van der Waals surface area (Å²) in [6, 6.07) is 16.1. The molecule has 5 atom stereocenters. The molecule has 0 amide bonds. The Morgan fingerprint density at radius 3 is 2.63 bits per heavy atom. The van der Waals surface area contributed by atoms with Gasteiger partial charge in [-0.15, -0.1) is 0 Å². The predicted molar refractivity (Wildman–Crippen MR) is 112 cm³/mol. The van der Waals surface area contributed by atoms with E-state index < -0.39 is 39.0 Å². The Labute approximate surface area is 175 Å². The second-order valence-electron chi connectivity index (χ2n) is 8.19. The molecular formula is C23H23NO5S. The molecule has 2 aromatic carbocycles. The molecule has 3 heterocycles. The Balaban J connectivity index is 1.54. The first-order valence-electron chi connectivity index (χ1n) is 10.1. The van der Waals surface area contributed by atoms with E-state index in [0.29, 0.717) is 18.4 Å². The maximum Gasteiger partial charge on any atom is 0.338 e. The standard InChI is InChI=1S/C23H23NO5S/c1-15-7-5-6-10-18(15)22(25)28-21-19(13-16-8-3-2-4-9-16)24-30(26,27)20-14-17-11-12-23(20,21)29-17/h2-12,17,19-21,24H,13-14H2,1H3/t17?,19?,20?,21?,23-/m1/s1. The molecule has 156 valence electrons. The van der Waals surface area contributed by atoms with E-state index >= 15 is 0 Å². The fourth-order valence-corrected chi connectivity index (χ4v) is 6.85. The number of hydrogen-bond acceptors (Lipinski definition) is 5. The van der Waals surface area contributed by atoms with Gasteiger partial charge in [-0.05, 0) is 43.0 Å². The number of sulfonamides is 1. The third-order valence-electron chi connectivity index (χ3n) is 6.27. The molecule has 1 spiro atoms. The zero-order valence-electron chi connectivity index (χ0n) is 16.5. The summed E-state index contributed by atoms with van der Waals surface area (Å²) in [7, 11) is -3.63. The summed E-state index contributed by atoms with van der Waals surface area (Å²) >= 11 is 0. The van der Waals surface area contributed by atoms with Crippen molar-refractivity contribution in [1.29, 1.82) is 0 Å². The van der Waals surface area contributed by atoms with Crippen LogP contribution in [-0.4, -0.2) is 43.5 Å². The van der Waals surface area contributed by atoms with Crippen LogP contribution in [0.1, 0.15) is 27.9 Å². The molecule has 3 aliphatic heterocycles. The maximum atomic E-state index is 13.1. The van der Waals surface area contributed by atoms with Crippen LogP contribution in [0.15, 0.2) is 66.7 Å². The van der Waals surface area contributed by atoms with Crippen LogP contribution in [0.4, 0.5) is 0 Å². The summed E-state index contributed by atoms with van der Waals surface area (Å²) in [6.07, 6.45) is 3.37. The summed E-state index contributed by atoms with van der Waals surface area (Å²) in [4.78, 5) is 13.1. The Morgan fingerprint density at radius 1 is 1.17 bits per heavy atom. The predicted octanol–water partition coefficient (Wildman–Crippen LogP) is 2.53. The molecule has 1 N–H and O–H groups in total. The van der Waals surface area contributed by atoms with Gasteiger partial charge in [-0.1, -0.05) is 54.6 Å². The molecule has 2 aromatic rings. The molecule has 7 heteroatoms. The van der Waals surface area contributed by atoms with Crippen molar-refractivity contribution in [1.82, 2.24) is 4.72 Å². The average Bonchev–Trinajstić information content (AvgIpc) is 3.32. The normalized spacial score (nSPS) is 33.2. The van der Waals surface area contributed by atoms with Crippen molar-refractivity contribution in [3.05, 3.63) is 83.4 Å². The number of fused-ring (bicyclic) bond motifs is 1. The van der Waals surface area contributed by atoms with Crippen molar-refractivity contribution >= 4 is 16.0 Å². The second-order valence-corrected chi connectivity index (χ2v) is 10.1. The number of nitrogens with one attached hydrogen (secondary N) is 1. The van der Waals surface area contributed by atoms with Gasteiger partial charge in [0, 0.05) is 0 Å². The quantitative estimate of drug-likeness (QED) is 0.601. The van der Waals surface area contributed by atoms with E-state index in [4.69, 9.17) is 9.47 Å². The third kappa shape index (κ3) is 3.09. The van der Waals surface area contributed by atoms with Gasteiger partial charge >= 0.3 is 5.97 Å². The minimum atomic E-state index is -3.63. The molecule has 3 aliphatic rings. The van der Waals surface area contributed by atoms with Gasteiger partial charge in [-0.2, -0.15) is 0 Å². The van der Waals surface area contributed by atoms with Gasteiger partial charge in [0.2, 0.25) is 10.0 Å². The van der Waals surface area contributed by atoms with E-state index in [9.17, 15) is 13.2 Å². The molecule has 5 rings (SSSR count). The van der Waals surface area contributed by atoms with Gasteiger partial charge in [0.15, 0.2) is 6.10 Å². The minimum absolute atomic E-state index is 0.276. The Kier molecular flexibility index (Phi) is 4.57. The van der Waals surface area contributed by atoms with E-state index in [1.807, 2.05) is 55.5 Å². The average molecular weight is 426 g/mol. The number of esters is 1. The largest absolute Gasteiger partial charge is 0.454 e. The van der Waals surface area contributed by atoms with Gasteiger partial charge in [0.1, 0.15) is 10.9 Å². The van der Waals surface area contributed by atoms with Gasteiger partial charge < -0.3 is 9.47 Å². The number of carbonyl (C=O) groups excluding carboxylic acids is 1. The smallest absolute Gasteiger partial charge is 0.338 e. The monoisotopic (exact) mass is 425 g/mol. The van der Waals surface area contributed by atoms with Crippen LogP contribution in [0, 0.1) is 6.92 Å². The van der Waals surface area contributed by atoms with Gasteiger partial charge in [-0.3, -0.25) is 0 Å². The highest BCUT2D eigenvalue weighted by Gasteiger charge is 2.66. The van der Waals surface area contributed by atoms with Gasteiger partial charge in [0.25, 0.3) is 0 Å². The van der Waals surface area contributed by atoms with E-state index in [1.165, 1.54) is 0 Å². The summed E-state index contributed by atoms with van der Waals surface area (Å²) < 4.78 is 41.0. The van der Waals surface area contributed by atoms with Crippen molar-refractivity contribution in [2.24, 2.45) is 0 Å². The lowest BCUT2D eigenvalue weighted by Crippen LogP contribution is -2.68. The number of ether oxygens (including phenoxy) is 2. The Hall–Kier alpha value is -2.48. The van der Waals surface area contributed by atoms with E-state index in [2.05, 4.69) is 4.72 Å². The molecule has 2 saturated heterocycles. The minimum Gasteiger partial charge on any atom is -0.454 e. The fraction of sp³-hybridized carbons (Fsp3) is 0.348. The molecule has 6 nitrogen and oxygen atoms in total. The lowest BCUT2D eigenvalue weighted by atomic mass is 9.83. The molecule has 0 aliphatic carbocycles. The first-order chi connectivity index (χ1) is 14.4. The van der Waals surface area contributed by atoms with Crippen LogP contribution >= 0.6 is 0 Å². The zero-order chi connectivity index (χ0) is 20.9. The van der Waals surface area contributed by atoms with Crippen molar-refractivity contribution in [3.63, 3.8) is 0 Å². The van der Waals surface area contributed by atoms with Crippen LogP contribution in [0.25, 0.3) is 0 Å². The van der Waals surface area contributed by atoms with E-state index in [0.717, 1.165) is 11.1 Å². The summed E-state index contributed by atoms with van der Waals surface area (Å²) in [5, 5.41) is -0.776. The second kappa shape index (κ2) is 7.04. The van der Waals surface area contributed by atoms with Crippen LogP contribution in [0.2, 0.25) is 0 Å². The molecule has 2 bridgehead atoms. The maximum absolute atomic E-state index is 13.1. The first kappa shape index (κ1) is 19.5. The van der Waals surface area contributed by atoms with Crippen LogP contribution in [0.5, 0.6) is 0 Å². The summed E-state index contributed by atoms with van der Waals surface area (Å²) in [5.41, 5.74) is 1.06. The van der Waals surface area contributed by atoms with Crippen molar-refractivity contribution in [2.45, 2.75) is 48.9 Å². The topological polar surface area (TPSA) is 81.7 Å². The van der Waals surface area contributed by atoms with Crippen molar-refractivity contribution < 1.29 is 22.7 Å². The molecule has 0 aromatic heterocycles. The van der Waals surface area contributed by atoms with E-state index in [1.54, 1.807) is 18.2 Å². The number of benzene rings is 2. The number of aryl methyl sites for hydroxylation is 1. The van der Waals surface area contributed by atoms with Crippen LogP contribution in [0.3, 0.4) is 0 Å². The number of hydrogen-bond donors (Lipinski definition) is 1. The first-order valence-corrected chi connectivity index (χ1v) is 11.6. The fourth-order valence-electron chi connectivity index (χ4n) is 4.86. The molecule has 4 unspecified atom stereocenters. The lowest BCUT2D eigenvalue weighted by Gasteiger charge is -2.45. The van der Waals surface area contributed by atoms with Crippen LogP contribution < -0.4 is 4.72 Å². The summed E-state index contributed by atoms with van der Waals surface area (Å²) in [6.45, 7) is 1.85. The molecule has 0 saturated carbocycles. The molecule has 30 heavy (non-hydrogen) atoms. The van der Waals surface area contributed by atoms with E-state index in [-0.39, 0.29) is 6.10 Å². The zero-order valence-corrected chi connectivity index (χ0v) is 17.3. The SMILES string of the molecule is Cc1ccccc1C(=O)OC1C(Cc2ccccc2)NS(=O)(=O)C2CC3C=C[C@]12O3. The highest BCUT2D eigenvalue weighted by atomic mass is 32.2. The van der Waals surface area contributed by atoms with Gasteiger partial charge in [-0.25, -0.2) is 17.9 Å².